The van der Waals surface area contributed by atoms with E-state index < -0.39 is 0 Å². The third-order valence-electron chi connectivity index (χ3n) is 2.02. The van der Waals surface area contributed by atoms with E-state index in [2.05, 4.69) is 15.3 Å². The summed E-state index contributed by atoms with van der Waals surface area (Å²) >= 11 is 0. The normalized spacial score (nSPS) is 23.8. The first-order chi connectivity index (χ1) is 6.47. The zero-order valence-electron chi connectivity index (χ0n) is 7.44. The molecule has 13 heavy (non-hydrogen) atoms. The van der Waals surface area contributed by atoms with Crippen LogP contribution in [0, 0.1) is 0 Å². The topological polar surface area (TPSA) is 47.0 Å². The van der Waals surface area contributed by atoms with E-state index in [4.69, 9.17) is 4.74 Å². The minimum Gasteiger partial charge on any atom is -0.369 e. The van der Waals surface area contributed by atoms with Gasteiger partial charge in [-0.2, -0.15) is 0 Å². The van der Waals surface area contributed by atoms with Gasteiger partial charge in [-0.05, 0) is 19.0 Å². The van der Waals surface area contributed by atoms with Crippen LogP contribution >= 0.6 is 0 Å². The molecule has 0 saturated carbocycles. The Morgan fingerprint density at radius 2 is 2.23 bits per heavy atom. The van der Waals surface area contributed by atoms with Gasteiger partial charge >= 0.3 is 0 Å². The van der Waals surface area contributed by atoms with Crippen LogP contribution in [0.15, 0.2) is 18.5 Å². The average Bonchev–Trinajstić information content (AvgIpc) is 2.47. The molecule has 1 fully saturated rings. The first-order valence-electron chi connectivity index (χ1n) is 4.56. The Hall–Kier alpha value is -1.00. The molecule has 0 bridgehead atoms. The number of hydrogen-bond acceptors (Lipinski definition) is 4. The molecular formula is C9H13N3O. The predicted octanol–water partition coefficient (Wildman–Crippen LogP) is 0.528. The van der Waals surface area contributed by atoms with Crippen molar-refractivity contribution in [2.24, 2.45) is 0 Å². The summed E-state index contributed by atoms with van der Waals surface area (Å²) in [5, 5.41) is 3.29. The Balaban J connectivity index is 2.06. The smallest absolute Gasteiger partial charge is 0.158 e. The van der Waals surface area contributed by atoms with Crippen LogP contribution < -0.4 is 5.32 Å². The number of ether oxygens (including phenoxy) is 1. The molecule has 0 spiro atoms. The van der Waals surface area contributed by atoms with Crippen LogP contribution in [0.25, 0.3) is 0 Å². The third-order valence-corrected chi connectivity index (χ3v) is 2.02. The predicted molar refractivity (Wildman–Crippen MR) is 48.2 cm³/mol. The van der Waals surface area contributed by atoms with E-state index in [1.54, 1.807) is 12.4 Å². The maximum atomic E-state index is 5.60. The van der Waals surface area contributed by atoms with E-state index in [1.165, 1.54) is 0 Å². The van der Waals surface area contributed by atoms with E-state index in [9.17, 15) is 0 Å². The molecule has 1 aromatic heterocycles. The maximum Gasteiger partial charge on any atom is 0.158 e. The van der Waals surface area contributed by atoms with Crippen LogP contribution in [0.5, 0.6) is 0 Å². The Morgan fingerprint density at radius 1 is 1.38 bits per heavy atom. The summed E-state index contributed by atoms with van der Waals surface area (Å²) in [4.78, 5) is 8.34. The Morgan fingerprint density at radius 3 is 3.08 bits per heavy atom. The lowest BCUT2D eigenvalue weighted by molar-refractivity contribution is 0.0607. The Kier molecular flexibility index (Phi) is 2.84. The Labute approximate surface area is 77.4 Å². The molecule has 1 saturated heterocycles. The van der Waals surface area contributed by atoms with Gasteiger partial charge in [0.2, 0.25) is 0 Å². The van der Waals surface area contributed by atoms with E-state index >= 15 is 0 Å². The number of hydrogen-bond donors (Lipinski definition) is 1. The first-order valence-corrected chi connectivity index (χ1v) is 4.56. The highest BCUT2D eigenvalue weighted by Gasteiger charge is 2.16. The second-order valence-electron chi connectivity index (χ2n) is 3.02. The van der Waals surface area contributed by atoms with Crippen LogP contribution in [0.2, 0.25) is 0 Å². The standard InChI is InChI=1S/C9H13N3O/c1-4-11-9(12-5-1)8-7-10-3-2-6-13-8/h1,4-5,8,10H,2-3,6-7H2/t8-/m1/s1. The quantitative estimate of drug-likeness (QED) is 0.683. The van der Waals surface area contributed by atoms with Crippen molar-refractivity contribution < 1.29 is 4.74 Å². The lowest BCUT2D eigenvalue weighted by Crippen LogP contribution is -2.21. The van der Waals surface area contributed by atoms with Crippen molar-refractivity contribution in [3.05, 3.63) is 24.3 Å². The molecule has 0 radical (unpaired) electrons. The number of nitrogens with one attached hydrogen (secondary N) is 1. The van der Waals surface area contributed by atoms with Crippen molar-refractivity contribution in [3.8, 4) is 0 Å². The van der Waals surface area contributed by atoms with E-state index in [0.717, 1.165) is 31.9 Å². The summed E-state index contributed by atoms with van der Waals surface area (Å²) in [6.45, 7) is 2.61. The highest BCUT2D eigenvalue weighted by atomic mass is 16.5. The van der Waals surface area contributed by atoms with Gasteiger partial charge in [0.25, 0.3) is 0 Å². The molecule has 0 unspecified atom stereocenters. The van der Waals surface area contributed by atoms with Gasteiger partial charge in [0.1, 0.15) is 6.10 Å². The molecule has 0 amide bonds. The Bertz CT molecular complexity index is 244. The van der Waals surface area contributed by atoms with E-state index in [-0.39, 0.29) is 6.10 Å². The van der Waals surface area contributed by atoms with Crippen molar-refractivity contribution in [1.82, 2.24) is 15.3 Å². The third kappa shape index (κ3) is 2.23. The van der Waals surface area contributed by atoms with Gasteiger partial charge in [0, 0.05) is 25.5 Å². The summed E-state index contributed by atoms with van der Waals surface area (Å²) < 4.78 is 5.60. The van der Waals surface area contributed by atoms with Gasteiger partial charge in [-0.15, -0.1) is 0 Å². The van der Waals surface area contributed by atoms with Gasteiger partial charge < -0.3 is 10.1 Å². The minimum absolute atomic E-state index is 0.0173. The fraction of sp³-hybridized carbons (Fsp3) is 0.556. The summed E-state index contributed by atoms with van der Waals surface area (Å²) in [6.07, 6.45) is 4.57. The monoisotopic (exact) mass is 179 g/mol. The van der Waals surface area contributed by atoms with Crippen LogP contribution in [-0.2, 0) is 4.74 Å². The number of nitrogens with zero attached hydrogens (tertiary/aromatic N) is 2. The first kappa shape index (κ1) is 8.59. The molecule has 1 atom stereocenters. The van der Waals surface area contributed by atoms with E-state index in [0.29, 0.717) is 0 Å². The zero-order chi connectivity index (χ0) is 8.93. The number of aromatic nitrogens is 2. The maximum absolute atomic E-state index is 5.60. The fourth-order valence-corrected chi connectivity index (χ4v) is 1.36. The molecule has 4 heteroatoms. The lowest BCUT2D eigenvalue weighted by atomic mass is 10.3. The molecule has 0 aliphatic carbocycles. The van der Waals surface area contributed by atoms with Gasteiger partial charge in [-0.3, -0.25) is 0 Å². The van der Waals surface area contributed by atoms with Crippen molar-refractivity contribution >= 4 is 0 Å². The summed E-state index contributed by atoms with van der Waals surface area (Å²) in [5.74, 6) is 0.775. The van der Waals surface area contributed by atoms with Crippen molar-refractivity contribution in [3.63, 3.8) is 0 Å². The second-order valence-corrected chi connectivity index (χ2v) is 3.02. The molecule has 2 rings (SSSR count). The fourth-order valence-electron chi connectivity index (χ4n) is 1.36. The average molecular weight is 179 g/mol. The van der Waals surface area contributed by atoms with Crippen LogP contribution in [0.1, 0.15) is 18.3 Å². The highest BCUT2D eigenvalue weighted by molar-refractivity contribution is 4.94. The van der Waals surface area contributed by atoms with Crippen LogP contribution in [0.4, 0.5) is 0 Å². The molecule has 70 valence electrons. The van der Waals surface area contributed by atoms with Crippen LogP contribution in [0.3, 0.4) is 0 Å². The van der Waals surface area contributed by atoms with Crippen LogP contribution in [-0.4, -0.2) is 29.7 Å². The van der Waals surface area contributed by atoms with Crippen molar-refractivity contribution in [2.45, 2.75) is 12.5 Å². The molecule has 1 aliphatic heterocycles. The number of rotatable bonds is 1. The molecule has 1 aromatic rings. The van der Waals surface area contributed by atoms with Gasteiger partial charge in [0.05, 0.1) is 0 Å². The van der Waals surface area contributed by atoms with Crippen molar-refractivity contribution in [2.75, 3.05) is 19.7 Å². The lowest BCUT2D eigenvalue weighted by Gasteiger charge is -2.12. The largest absolute Gasteiger partial charge is 0.369 e. The zero-order valence-corrected chi connectivity index (χ0v) is 7.44. The van der Waals surface area contributed by atoms with Gasteiger partial charge in [-0.25, -0.2) is 9.97 Å². The summed E-state index contributed by atoms with van der Waals surface area (Å²) in [5.41, 5.74) is 0. The minimum atomic E-state index is 0.0173. The van der Waals surface area contributed by atoms with Crippen molar-refractivity contribution in [1.29, 1.82) is 0 Å². The van der Waals surface area contributed by atoms with Gasteiger partial charge in [0.15, 0.2) is 5.82 Å². The molecule has 1 aliphatic rings. The molecule has 0 aromatic carbocycles. The highest BCUT2D eigenvalue weighted by Crippen LogP contribution is 2.12. The molecule has 1 N–H and O–H groups in total. The van der Waals surface area contributed by atoms with Gasteiger partial charge in [-0.1, -0.05) is 0 Å². The molecule has 2 heterocycles. The van der Waals surface area contributed by atoms with E-state index in [1.807, 2.05) is 6.07 Å². The summed E-state index contributed by atoms with van der Waals surface area (Å²) in [6, 6.07) is 1.81. The molecular weight excluding hydrogens is 166 g/mol. The molecule has 4 nitrogen and oxygen atoms in total. The summed E-state index contributed by atoms with van der Waals surface area (Å²) in [7, 11) is 0. The SMILES string of the molecule is c1cnc([C@H]2CNCCCO2)nc1. The second kappa shape index (κ2) is 4.30.